The third kappa shape index (κ3) is 4.83. The van der Waals surface area contributed by atoms with Crippen LogP contribution in [0.5, 0.6) is 11.8 Å². The van der Waals surface area contributed by atoms with Crippen molar-refractivity contribution >= 4 is 33.9 Å². The van der Waals surface area contributed by atoms with E-state index in [4.69, 9.17) is 26.3 Å². The summed E-state index contributed by atoms with van der Waals surface area (Å²) >= 11 is 6.72. The van der Waals surface area contributed by atoms with E-state index in [1.807, 2.05) is 24.3 Å². The molecule has 6 aliphatic rings. The molecule has 2 N–H and O–H groups in total. The Morgan fingerprint density at radius 2 is 1.87 bits per heavy atom. The van der Waals surface area contributed by atoms with E-state index in [0.29, 0.717) is 61.2 Å². The summed E-state index contributed by atoms with van der Waals surface area (Å²) < 4.78 is 21.6. The summed E-state index contributed by atoms with van der Waals surface area (Å²) in [7, 11) is 0. The van der Waals surface area contributed by atoms with Gasteiger partial charge in [-0.25, -0.2) is 4.39 Å². The minimum absolute atomic E-state index is 0.220. The average molecular weight is 633 g/mol. The summed E-state index contributed by atoms with van der Waals surface area (Å²) in [5, 5.41) is 16.9. The Morgan fingerprint density at radius 3 is 2.73 bits per heavy atom. The summed E-state index contributed by atoms with van der Waals surface area (Å²) in [6.45, 7) is 4.16. The molecule has 5 aliphatic heterocycles. The van der Waals surface area contributed by atoms with Crippen LogP contribution in [0, 0.1) is 5.92 Å². The fraction of sp³-hybridized carbons (Fsp3) is 0.600. The summed E-state index contributed by atoms with van der Waals surface area (Å²) in [5.74, 6) is 1.86. The molecule has 2 unspecified atom stereocenters. The smallest absolute Gasteiger partial charge is 0.318 e. The molecule has 8 nitrogen and oxygen atoms in total. The normalized spacial score (nSPS) is 32.5. The van der Waals surface area contributed by atoms with Crippen molar-refractivity contribution < 1.29 is 14.2 Å². The highest BCUT2D eigenvalue weighted by Gasteiger charge is 2.57. The topological polar surface area (TPSA) is 77.0 Å². The molecule has 1 saturated carbocycles. The molecule has 1 aromatic heterocycles. The maximum absolute atomic E-state index is 15.0. The minimum atomic E-state index is -0.801. The largest absolute Gasteiger partial charge is 0.508 e. The number of hydrogen-bond donors (Lipinski definition) is 2. The second-order valence-electron chi connectivity index (χ2n) is 14.6. The fourth-order valence-electron chi connectivity index (χ4n) is 9.90. The van der Waals surface area contributed by atoms with Gasteiger partial charge < -0.3 is 25.0 Å². The standard InChI is InChI=1S/C35H42ClFN6O2/c36-28-6-3-5-21-12-26(44)13-31(32(21)28)41-11-10-27-29(19-41)39-34(40-33(27)42-17-24-8-9-25(18-42)38-24)45-20-35-14-22-4-1-2-7-30(22)43(35)16-23(37)15-35/h3,5-6,12-13,22-25,30,38,44H,1-2,4,7-11,14-20H2/t22-,23+,24?,25?,30-,35-/m1/s1. The zero-order valence-corrected chi connectivity index (χ0v) is 26.5. The van der Waals surface area contributed by atoms with Gasteiger partial charge in [-0.1, -0.05) is 36.6 Å². The highest BCUT2D eigenvalue weighted by molar-refractivity contribution is 6.36. The van der Waals surface area contributed by atoms with E-state index in [2.05, 4.69) is 20.0 Å². The molecule has 0 radical (unpaired) electrons. The number of fused-ring (bicyclic) bond motifs is 7. The highest BCUT2D eigenvalue weighted by Crippen LogP contribution is 2.51. The van der Waals surface area contributed by atoms with Gasteiger partial charge in [0.25, 0.3) is 0 Å². The summed E-state index contributed by atoms with van der Waals surface area (Å²) in [6, 6.07) is 11.2. The number of nitrogens with one attached hydrogen (secondary N) is 1. The van der Waals surface area contributed by atoms with Gasteiger partial charge >= 0.3 is 6.01 Å². The highest BCUT2D eigenvalue weighted by atomic mass is 35.5. The third-order valence-corrected chi connectivity index (χ3v) is 12.1. The van der Waals surface area contributed by atoms with Gasteiger partial charge in [0, 0.05) is 67.7 Å². The monoisotopic (exact) mass is 632 g/mol. The van der Waals surface area contributed by atoms with Gasteiger partial charge in [0.2, 0.25) is 0 Å². The molecular weight excluding hydrogens is 591 g/mol. The molecule has 4 saturated heterocycles. The Hall–Kier alpha value is -2.88. The van der Waals surface area contributed by atoms with Crippen molar-refractivity contribution in [2.75, 3.05) is 42.6 Å². The van der Waals surface area contributed by atoms with Crippen LogP contribution >= 0.6 is 11.6 Å². The zero-order chi connectivity index (χ0) is 30.3. The Labute approximate surface area is 268 Å². The number of phenolic OH excluding ortho intramolecular Hbond substituents is 1. The summed E-state index contributed by atoms with van der Waals surface area (Å²) in [6.07, 6.45) is 8.87. The van der Waals surface area contributed by atoms with E-state index in [9.17, 15) is 9.50 Å². The van der Waals surface area contributed by atoms with Crippen LogP contribution in [-0.4, -0.2) is 82.6 Å². The van der Waals surface area contributed by atoms with Crippen molar-refractivity contribution in [2.24, 2.45) is 5.92 Å². The maximum Gasteiger partial charge on any atom is 0.318 e. The first-order valence-corrected chi connectivity index (χ1v) is 17.4. The number of piperazine rings is 1. The number of phenols is 1. The van der Waals surface area contributed by atoms with Crippen LogP contribution in [0.4, 0.5) is 15.9 Å². The van der Waals surface area contributed by atoms with E-state index in [1.165, 1.54) is 44.1 Å². The molecule has 6 atom stereocenters. The molecule has 1 aliphatic carbocycles. The van der Waals surface area contributed by atoms with E-state index in [-0.39, 0.29) is 11.3 Å². The molecule has 238 valence electrons. The second kappa shape index (κ2) is 10.8. The lowest BCUT2D eigenvalue weighted by Gasteiger charge is -2.38. The van der Waals surface area contributed by atoms with Crippen LogP contribution < -0.4 is 19.9 Å². The van der Waals surface area contributed by atoms with Gasteiger partial charge in [-0.2, -0.15) is 9.97 Å². The molecule has 45 heavy (non-hydrogen) atoms. The van der Waals surface area contributed by atoms with Crippen LogP contribution in [-0.2, 0) is 13.0 Å². The number of hydrogen-bond acceptors (Lipinski definition) is 8. The second-order valence-corrected chi connectivity index (χ2v) is 15.0. The third-order valence-electron chi connectivity index (χ3n) is 11.8. The van der Waals surface area contributed by atoms with E-state index < -0.39 is 6.17 Å². The molecule has 6 heterocycles. The first-order valence-electron chi connectivity index (χ1n) is 17.0. The van der Waals surface area contributed by atoms with E-state index in [1.54, 1.807) is 6.07 Å². The molecule has 0 amide bonds. The predicted octanol–water partition coefficient (Wildman–Crippen LogP) is 5.62. The summed E-state index contributed by atoms with van der Waals surface area (Å²) in [4.78, 5) is 17.4. The molecule has 2 aromatic carbocycles. The van der Waals surface area contributed by atoms with Crippen LogP contribution in [0.1, 0.15) is 62.6 Å². The van der Waals surface area contributed by atoms with E-state index >= 15 is 0 Å². The number of halogens is 2. The molecule has 5 fully saturated rings. The lowest BCUT2D eigenvalue weighted by Crippen LogP contribution is -2.52. The molecule has 10 heteroatoms. The van der Waals surface area contributed by atoms with Crippen molar-refractivity contribution in [1.29, 1.82) is 0 Å². The predicted molar refractivity (Wildman–Crippen MR) is 174 cm³/mol. The van der Waals surface area contributed by atoms with Crippen LogP contribution in [0.3, 0.4) is 0 Å². The van der Waals surface area contributed by atoms with Gasteiger partial charge in [-0.3, -0.25) is 4.90 Å². The molecule has 3 aromatic rings. The number of nitrogens with zero attached hydrogens (tertiary/aromatic N) is 5. The molecular formula is C35H42ClFN6O2. The van der Waals surface area contributed by atoms with Gasteiger partial charge in [-0.15, -0.1) is 0 Å². The van der Waals surface area contributed by atoms with Gasteiger partial charge in [0.05, 0.1) is 28.5 Å². The number of anilines is 2. The van der Waals surface area contributed by atoms with Gasteiger partial charge in [0.1, 0.15) is 24.3 Å². The lowest BCUT2D eigenvalue weighted by molar-refractivity contribution is 0.0772. The molecule has 0 spiro atoms. The number of aromatic nitrogens is 2. The maximum atomic E-state index is 15.0. The number of benzene rings is 2. The number of aromatic hydroxyl groups is 1. The Balaban J connectivity index is 1.06. The van der Waals surface area contributed by atoms with Crippen molar-refractivity contribution in [2.45, 2.75) is 94.2 Å². The number of rotatable bonds is 5. The van der Waals surface area contributed by atoms with Crippen molar-refractivity contribution in [3.63, 3.8) is 0 Å². The van der Waals surface area contributed by atoms with Crippen molar-refractivity contribution in [3.8, 4) is 11.8 Å². The number of alkyl halides is 1. The molecule has 9 rings (SSSR count). The molecule has 2 bridgehead atoms. The Bertz CT molecular complexity index is 1630. The van der Waals surface area contributed by atoms with Crippen LogP contribution in [0.25, 0.3) is 10.8 Å². The first-order chi connectivity index (χ1) is 21.9. The fourth-order valence-corrected chi connectivity index (χ4v) is 10.2. The van der Waals surface area contributed by atoms with Gasteiger partial charge in [0.15, 0.2) is 0 Å². The van der Waals surface area contributed by atoms with Crippen molar-refractivity contribution in [3.05, 3.63) is 46.6 Å². The first kappa shape index (κ1) is 28.4. The SMILES string of the molecule is Oc1cc(N2CCc3c(nc(OC[C@@]45C[C@H](F)CN4[C@@H]4CCCC[C@@H]4C5)nc3N3CC4CCC(C3)N4)C2)c2c(Cl)cccc2c1. The lowest BCUT2D eigenvalue weighted by atomic mass is 9.81. The Kier molecular flexibility index (Phi) is 6.83. The van der Waals surface area contributed by atoms with Gasteiger partial charge in [-0.05, 0) is 62.0 Å². The van der Waals surface area contributed by atoms with Crippen LogP contribution in [0.2, 0.25) is 5.02 Å². The quantitative estimate of drug-likeness (QED) is 0.376. The van der Waals surface area contributed by atoms with E-state index in [0.717, 1.165) is 60.4 Å². The van der Waals surface area contributed by atoms with Crippen molar-refractivity contribution in [1.82, 2.24) is 20.2 Å². The Morgan fingerprint density at radius 1 is 1.02 bits per heavy atom. The average Bonchev–Trinajstić information content (AvgIpc) is 3.65. The van der Waals surface area contributed by atoms with Crippen LogP contribution in [0.15, 0.2) is 30.3 Å². The summed E-state index contributed by atoms with van der Waals surface area (Å²) in [5.41, 5.74) is 2.79. The zero-order valence-electron chi connectivity index (χ0n) is 25.7. The number of ether oxygens (including phenoxy) is 1. The minimum Gasteiger partial charge on any atom is -0.508 e.